The highest BCUT2D eigenvalue weighted by Gasteiger charge is 2.54. The molecule has 3 saturated heterocycles. The van der Waals surface area contributed by atoms with Crippen molar-refractivity contribution in [2.24, 2.45) is 0 Å². The zero-order chi connectivity index (χ0) is 32.6. The standard InChI is InChI=1S/C28H51NO15/c1-4-5-6-7-8-9-10-39-28-25(44-27-23(38)22(37)18(33)13(2)40-27)24(20(35)16(12-31)42-28)43-26-17(29-14(3)32)21(36)19(34)15(11-30)41-26/h13,15-28,30-31,33-38H,4-12H2,1-3H3,(H,29,32)/t13-,15+,16+,17+,18+,19+,20-,21+,22+,23-,24-,25+,26+,27-,28+/m0/s1. The van der Waals surface area contributed by atoms with Crippen LogP contribution in [0.5, 0.6) is 0 Å². The second-order valence-electron chi connectivity index (χ2n) is 11.7. The second kappa shape index (κ2) is 17.7. The van der Waals surface area contributed by atoms with Crippen LogP contribution in [0.15, 0.2) is 0 Å². The van der Waals surface area contributed by atoms with E-state index in [1.165, 1.54) is 13.8 Å². The summed E-state index contributed by atoms with van der Waals surface area (Å²) in [5.74, 6) is -0.602. The molecular weight excluding hydrogens is 590 g/mol. The van der Waals surface area contributed by atoms with Gasteiger partial charge in [-0.15, -0.1) is 0 Å². The fourth-order valence-corrected chi connectivity index (χ4v) is 5.58. The van der Waals surface area contributed by atoms with Crippen LogP contribution in [0, 0.1) is 0 Å². The summed E-state index contributed by atoms with van der Waals surface area (Å²) in [6.45, 7) is 3.54. The summed E-state index contributed by atoms with van der Waals surface area (Å²) in [7, 11) is 0. The number of unbranched alkanes of at least 4 members (excludes halogenated alkanes) is 5. The maximum absolute atomic E-state index is 11.9. The van der Waals surface area contributed by atoms with Gasteiger partial charge in [-0.2, -0.15) is 0 Å². The molecule has 3 aliphatic rings. The average Bonchev–Trinajstić information content (AvgIpc) is 2.99. The number of aliphatic hydroxyl groups is 8. The summed E-state index contributed by atoms with van der Waals surface area (Å²) in [6.07, 6.45) is -14.8. The normalized spacial score (nSPS) is 43.1. The van der Waals surface area contributed by atoms with E-state index in [9.17, 15) is 45.6 Å². The van der Waals surface area contributed by atoms with Crippen molar-refractivity contribution in [2.75, 3.05) is 19.8 Å². The molecule has 3 rings (SSSR count). The van der Waals surface area contributed by atoms with Gasteiger partial charge in [-0.3, -0.25) is 4.79 Å². The van der Waals surface area contributed by atoms with E-state index >= 15 is 0 Å². The Morgan fingerprint density at radius 2 is 1.27 bits per heavy atom. The topological polar surface area (TPSA) is 246 Å². The smallest absolute Gasteiger partial charge is 0.217 e. The average molecular weight is 642 g/mol. The lowest BCUT2D eigenvalue weighted by Crippen LogP contribution is -2.68. The Morgan fingerprint density at radius 1 is 0.682 bits per heavy atom. The van der Waals surface area contributed by atoms with Gasteiger partial charge in [0.25, 0.3) is 0 Å². The first kappa shape index (κ1) is 37.4. The van der Waals surface area contributed by atoms with Gasteiger partial charge >= 0.3 is 0 Å². The molecule has 0 aromatic carbocycles. The van der Waals surface area contributed by atoms with E-state index < -0.39 is 111 Å². The van der Waals surface area contributed by atoms with Crippen molar-refractivity contribution in [3.8, 4) is 0 Å². The third kappa shape index (κ3) is 9.25. The van der Waals surface area contributed by atoms with E-state index in [0.717, 1.165) is 32.1 Å². The largest absolute Gasteiger partial charge is 0.394 e. The van der Waals surface area contributed by atoms with Gasteiger partial charge in [0.2, 0.25) is 5.91 Å². The Kier molecular flexibility index (Phi) is 15.1. The molecule has 16 nitrogen and oxygen atoms in total. The van der Waals surface area contributed by atoms with Crippen LogP contribution in [0.2, 0.25) is 0 Å². The maximum Gasteiger partial charge on any atom is 0.217 e. The first-order valence-electron chi connectivity index (χ1n) is 15.4. The molecule has 16 heteroatoms. The lowest BCUT2D eigenvalue weighted by molar-refractivity contribution is -0.385. The number of rotatable bonds is 15. The highest BCUT2D eigenvalue weighted by atomic mass is 16.8. The van der Waals surface area contributed by atoms with Crippen LogP contribution in [0.4, 0.5) is 0 Å². The third-order valence-corrected chi connectivity index (χ3v) is 8.22. The van der Waals surface area contributed by atoms with Crippen LogP contribution in [-0.2, 0) is 33.2 Å². The lowest BCUT2D eigenvalue weighted by Gasteiger charge is -2.49. The molecule has 3 heterocycles. The molecule has 0 bridgehead atoms. The van der Waals surface area contributed by atoms with Gasteiger partial charge in [0.05, 0.1) is 19.3 Å². The van der Waals surface area contributed by atoms with Crippen molar-refractivity contribution in [3.05, 3.63) is 0 Å². The van der Waals surface area contributed by atoms with E-state index in [1.54, 1.807) is 0 Å². The maximum atomic E-state index is 11.9. The van der Waals surface area contributed by atoms with Gasteiger partial charge in [0.15, 0.2) is 18.9 Å². The number of hydrogen-bond acceptors (Lipinski definition) is 15. The zero-order valence-corrected chi connectivity index (χ0v) is 25.5. The molecule has 0 saturated carbocycles. The Balaban J connectivity index is 1.89. The first-order chi connectivity index (χ1) is 20.9. The summed E-state index contributed by atoms with van der Waals surface area (Å²) in [6, 6.07) is -1.37. The number of carbonyl (C=O) groups is 1. The van der Waals surface area contributed by atoms with E-state index in [4.69, 9.17) is 28.4 Å². The van der Waals surface area contributed by atoms with E-state index in [2.05, 4.69) is 12.2 Å². The molecule has 0 unspecified atom stereocenters. The Morgan fingerprint density at radius 3 is 1.91 bits per heavy atom. The molecule has 0 spiro atoms. The van der Waals surface area contributed by atoms with E-state index in [0.29, 0.717) is 6.42 Å². The molecule has 0 aromatic heterocycles. The quantitative estimate of drug-likeness (QED) is 0.0808. The van der Waals surface area contributed by atoms with Crippen LogP contribution >= 0.6 is 0 Å². The fourth-order valence-electron chi connectivity index (χ4n) is 5.58. The molecule has 44 heavy (non-hydrogen) atoms. The number of aliphatic hydroxyl groups excluding tert-OH is 8. The number of amides is 1. The molecule has 3 aliphatic heterocycles. The Hall–Kier alpha value is -1.09. The molecule has 0 aliphatic carbocycles. The van der Waals surface area contributed by atoms with Crippen LogP contribution in [0.25, 0.3) is 0 Å². The second-order valence-corrected chi connectivity index (χ2v) is 11.7. The third-order valence-electron chi connectivity index (χ3n) is 8.22. The molecule has 0 aromatic rings. The number of ether oxygens (including phenoxy) is 6. The van der Waals surface area contributed by atoms with Crippen LogP contribution in [0.1, 0.15) is 59.3 Å². The summed E-state index contributed by atoms with van der Waals surface area (Å²) in [4.78, 5) is 11.9. The van der Waals surface area contributed by atoms with Crippen LogP contribution in [0.3, 0.4) is 0 Å². The molecule has 3 fully saturated rings. The number of carbonyl (C=O) groups excluding carboxylic acids is 1. The number of nitrogens with one attached hydrogen (secondary N) is 1. The zero-order valence-electron chi connectivity index (χ0n) is 25.5. The van der Waals surface area contributed by atoms with Gasteiger partial charge in [-0.1, -0.05) is 39.0 Å². The summed E-state index contributed by atoms with van der Waals surface area (Å²) in [5.41, 5.74) is 0. The molecular formula is C28H51NO15. The molecule has 15 atom stereocenters. The molecule has 0 radical (unpaired) electrons. The highest BCUT2D eigenvalue weighted by molar-refractivity contribution is 5.73. The molecule has 9 N–H and O–H groups in total. The van der Waals surface area contributed by atoms with Gasteiger partial charge in [-0.25, -0.2) is 0 Å². The highest BCUT2D eigenvalue weighted by Crippen LogP contribution is 2.34. The predicted octanol–water partition coefficient (Wildman–Crippen LogP) is -3.02. The summed E-state index contributed by atoms with van der Waals surface area (Å²) >= 11 is 0. The van der Waals surface area contributed by atoms with Crippen LogP contribution < -0.4 is 5.32 Å². The van der Waals surface area contributed by atoms with Gasteiger partial charge in [0.1, 0.15) is 67.1 Å². The fraction of sp³-hybridized carbons (Fsp3) is 0.964. The van der Waals surface area contributed by atoms with Gasteiger partial charge in [0, 0.05) is 13.5 Å². The minimum Gasteiger partial charge on any atom is -0.394 e. The number of hydrogen-bond donors (Lipinski definition) is 9. The molecule has 258 valence electrons. The molecule has 1 amide bonds. The Labute approximate surface area is 256 Å². The predicted molar refractivity (Wildman–Crippen MR) is 149 cm³/mol. The minimum absolute atomic E-state index is 0.190. The lowest BCUT2D eigenvalue weighted by atomic mass is 9.95. The Bertz CT molecular complexity index is 856. The van der Waals surface area contributed by atoms with Gasteiger partial charge in [-0.05, 0) is 13.3 Å². The monoisotopic (exact) mass is 641 g/mol. The SMILES string of the molecule is CCCCCCCCO[C@@H]1O[C@H](CO)[C@H](O)[C@H](O[C@H]2O[C@H](CO)[C@@H](O)[C@H](O)[C@H]2NC(C)=O)[C@H]1O[C@@H]1O[C@@H](C)[C@@H](O)[C@@H](O)[C@@H]1O. The van der Waals surface area contributed by atoms with Crippen molar-refractivity contribution in [2.45, 2.75) is 151 Å². The van der Waals surface area contributed by atoms with Crippen molar-refractivity contribution in [1.29, 1.82) is 0 Å². The van der Waals surface area contributed by atoms with E-state index in [-0.39, 0.29) is 6.61 Å². The summed E-state index contributed by atoms with van der Waals surface area (Å²) in [5, 5.41) is 85.7. The minimum atomic E-state index is -1.73. The van der Waals surface area contributed by atoms with Crippen molar-refractivity contribution in [1.82, 2.24) is 5.32 Å². The first-order valence-corrected chi connectivity index (χ1v) is 15.4. The summed E-state index contributed by atoms with van der Waals surface area (Å²) < 4.78 is 35.2. The van der Waals surface area contributed by atoms with Gasteiger partial charge < -0.3 is 74.6 Å². The van der Waals surface area contributed by atoms with Crippen LogP contribution in [-0.4, -0.2) is 159 Å². The van der Waals surface area contributed by atoms with Crippen molar-refractivity contribution in [3.63, 3.8) is 0 Å². The van der Waals surface area contributed by atoms with Crippen molar-refractivity contribution < 1.29 is 74.1 Å². The van der Waals surface area contributed by atoms with Crippen molar-refractivity contribution >= 4 is 5.91 Å². The van der Waals surface area contributed by atoms with E-state index in [1.807, 2.05) is 0 Å².